The Labute approximate surface area is 116 Å². The third kappa shape index (κ3) is 3.55. The van der Waals surface area contributed by atoms with E-state index in [1.807, 2.05) is 29.6 Å². The van der Waals surface area contributed by atoms with Gasteiger partial charge in [0.15, 0.2) is 4.34 Å². The van der Waals surface area contributed by atoms with Gasteiger partial charge in [0, 0.05) is 15.4 Å². The first-order valence-electron chi connectivity index (χ1n) is 4.78. The Balaban J connectivity index is 2.12. The van der Waals surface area contributed by atoms with Gasteiger partial charge in [-0.25, -0.2) is 4.98 Å². The average molecular weight is 329 g/mol. The molecule has 17 heavy (non-hydrogen) atoms. The smallest absolute Gasteiger partial charge is 0.227 e. The van der Waals surface area contributed by atoms with Gasteiger partial charge in [-0.3, -0.25) is 4.79 Å². The highest BCUT2D eigenvalue weighted by atomic mass is 79.9. The number of nitrogens with zero attached hydrogens (tertiary/aromatic N) is 1. The molecule has 0 radical (unpaired) electrons. The first-order valence-corrected chi connectivity index (χ1v) is 7.43. The Hall–Kier alpha value is -0.850. The number of amides is 1. The quantitative estimate of drug-likeness (QED) is 0.877. The molecule has 3 nitrogen and oxygen atoms in total. The molecule has 0 saturated heterocycles. The van der Waals surface area contributed by atoms with Crippen LogP contribution in [-0.2, 0) is 4.79 Å². The number of hydrogen-bond acceptors (Lipinski definition) is 4. The molecule has 0 saturated carbocycles. The topological polar surface area (TPSA) is 56.0 Å². The summed E-state index contributed by atoms with van der Waals surface area (Å²) in [5.74, 6) is -0.0526. The molecule has 0 aliphatic heterocycles. The van der Waals surface area contributed by atoms with Crippen LogP contribution in [0.2, 0.25) is 0 Å². The number of carbonyl (C=O) groups excluding carboxylic acids is 1. The van der Waals surface area contributed by atoms with Gasteiger partial charge in [-0.1, -0.05) is 39.8 Å². The van der Waals surface area contributed by atoms with Gasteiger partial charge in [-0.15, -0.1) is 11.3 Å². The van der Waals surface area contributed by atoms with Crippen molar-refractivity contribution in [3.05, 3.63) is 34.1 Å². The van der Waals surface area contributed by atoms with Gasteiger partial charge >= 0.3 is 0 Å². The SMILES string of the molecule is NC(=O)CSc1nc(-c2ccc(Br)cc2)cs1. The number of thiazole rings is 1. The van der Waals surface area contributed by atoms with Crippen molar-refractivity contribution >= 4 is 44.9 Å². The Morgan fingerprint density at radius 3 is 2.76 bits per heavy atom. The van der Waals surface area contributed by atoms with Gasteiger partial charge in [-0.05, 0) is 12.1 Å². The van der Waals surface area contributed by atoms with E-state index in [9.17, 15) is 4.79 Å². The van der Waals surface area contributed by atoms with Crippen LogP contribution in [0.5, 0.6) is 0 Å². The molecule has 1 amide bonds. The fourth-order valence-corrected chi connectivity index (χ4v) is 3.05. The zero-order chi connectivity index (χ0) is 12.3. The van der Waals surface area contributed by atoms with Crippen LogP contribution in [0.25, 0.3) is 11.3 Å². The molecular formula is C11H9BrN2OS2. The van der Waals surface area contributed by atoms with Crippen LogP contribution < -0.4 is 5.73 Å². The van der Waals surface area contributed by atoms with Crippen LogP contribution in [0.15, 0.2) is 38.5 Å². The molecule has 1 aromatic carbocycles. The minimum absolute atomic E-state index is 0.271. The maximum atomic E-state index is 10.7. The monoisotopic (exact) mass is 328 g/mol. The Morgan fingerprint density at radius 1 is 1.41 bits per heavy atom. The highest BCUT2D eigenvalue weighted by Gasteiger charge is 2.06. The second-order valence-electron chi connectivity index (χ2n) is 3.26. The number of carbonyl (C=O) groups is 1. The summed E-state index contributed by atoms with van der Waals surface area (Å²) >= 11 is 6.28. The summed E-state index contributed by atoms with van der Waals surface area (Å²) in [4.78, 5) is 15.1. The van der Waals surface area contributed by atoms with Crippen LogP contribution in [0.3, 0.4) is 0 Å². The van der Waals surface area contributed by atoms with E-state index in [4.69, 9.17) is 5.73 Å². The normalized spacial score (nSPS) is 10.4. The van der Waals surface area contributed by atoms with Crippen molar-refractivity contribution in [3.63, 3.8) is 0 Å². The number of hydrogen-bond donors (Lipinski definition) is 1. The predicted molar refractivity (Wildman–Crippen MR) is 75.2 cm³/mol. The molecule has 1 aromatic heterocycles. The maximum Gasteiger partial charge on any atom is 0.227 e. The highest BCUT2D eigenvalue weighted by Crippen LogP contribution is 2.28. The molecule has 0 atom stereocenters. The third-order valence-corrected chi connectivity index (χ3v) is 4.53. The van der Waals surface area contributed by atoms with Gasteiger partial charge < -0.3 is 5.73 Å². The number of aromatic nitrogens is 1. The number of halogens is 1. The zero-order valence-corrected chi connectivity index (χ0v) is 11.9. The van der Waals surface area contributed by atoms with Crippen LogP contribution in [0.4, 0.5) is 0 Å². The van der Waals surface area contributed by atoms with Crippen molar-refractivity contribution in [2.24, 2.45) is 5.73 Å². The summed E-state index contributed by atoms with van der Waals surface area (Å²) in [6.07, 6.45) is 0. The molecule has 2 N–H and O–H groups in total. The van der Waals surface area contributed by atoms with Crippen molar-refractivity contribution in [2.75, 3.05) is 5.75 Å². The number of primary amides is 1. The summed E-state index contributed by atoms with van der Waals surface area (Å²) < 4.78 is 1.90. The fraction of sp³-hybridized carbons (Fsp3) is 0.0909. The van der Waals surface area contributed by atoms with E-state index in [0.29, 0.717) is 0 Å². The highest BCUT2D eigenvalue weighted by molar-refractivity contribution is 9.10. The third-order valence-electron chi connectivity index (χ3n) is 1.96. The number of thioether (sulfide) groups is 1. The first-order chi connectivity index (χ1) is 8.15. The first kappa shape index (κ1) is 12.6. The second-order valence-corrected chi connectivity index (χ2v) is 6.26. The Bertz CT molecular complexity index is 525. The van der Waals surface area contributed by atoms with Crippen LogP contribution >= 0.6 is 39.0 Å². The summed E-state index contributed by atoms with van der Waals surface area (Å²) in [6.45, 7) is 0. The molecule has 88 valence electrons. The molecule has 0 spiro atoms. The van der Waals surface area contributed by atoms with Gasteiger partial charge in [0.25, 0.3) is 0 Å². The number of nitrogens with two attached hydrogens (primary N) is 1. The molecule has 0 unspecified atom stereocenters. The molecule has 2 aromatic rings. The van der Waals surface area contributed by atoms with Crippen molar-refractivity contribution < 1.29 is 4.79 Å². The van der Waals surface area contributed by atoms with E-state index in [2.05, 4.69) is 20.9 Å². The van der Waals surface area contributed by atoms with E-state index in [1.165, 1.54) is 23.1 Å². The fourth-order valence-electron chi connectivity index (χ4n) is 1.21. The molecule has 2 rings (SSSR count). The van der Waals surface area contributed by atoms with E-state index in [1.54, 1.807) is 0 Å². The molecule has 0 bridgehead atoms. The lowest BCUT2D eigenvalue weighted by atomic mass is 10.2. The van der Waals surface area contributed by atoms with Crippen molar-refractivity contribution in [3.8, 4) is 11.3 Å². The van der Waals surface area contributed by atoms with Crippen molar-refractivity contribution in [1.29, 1.82) is 0 Å². The number of rotatable bonds is 4. The Morgan fingerprint density at radius 2 is 2.12 bits per heavy atom. The van der Waals surface area contributed by atoms with Crippen LogP contribution in [0.1, 0.15) is 0 Å². The minimum Gasteiger partial charge on any atom is -0.369 e. The van der Waals surface area contributed by atoms with Crippen molar-refractivity contribution in [1.82, 2.24) is 4.98 Å². The summed E-state index contributed by atoms with van der Waals surface area (Å²) in [5.41, 5.74) is 7.08. The van der Waals surface area contributed by atoms with Gasteiger partial charge in [-0.2, -0.15) is 0 Å². The molecule has 6 heteroatoms. The molecular weight excluding hydrogens is 320 g/mol. The van der Waals surface area contributed by atoms with E-state index in [-0.39, 0.29) is 11.7 Å². The van der Waals surface area contributed by atoms with Gasteiger partial charge in [0.1, 0.15) is 0 Å². The second kappa shape index (κ2) is 5.66. The largest absolute Gasteiger partial charge is 0.369 e. The van der Waals surface area contributed by atoms with E-state index < -0.39 is 0 Å². The molecule has 1 heterocycles. The number of benzene rings is 1. The summed E-state index contributed by atoms with van der Waals surface area (Å²) in [7, 11) is 0. The predicted octanol–water partition coefficient (Wildman–Crippen LogP) is 3.15. The standard InChI is InChI=1S/C11H9BrN2OS2/c12-8-3-1-7(2-4-8)9-5-16-11(14-9)17-6-10(13)15/h1-5H,6H2,(H2,13,15). The lowest BCUT2D eigenvalue weighted by Crippen LogP contribution is -2.12. The van der Waals surface area contributed by atoms with Gasteiger partial charge in [0.05, 0.1) is 11.4 Å². The lowest BCUT2D eigenvalue weighted by molar-refractivity contribution is -0.115. The van der Waals surface area contributed by atoms with E-state index in [0.717, 1.165) is 20.1 Å². The van der Waals surface area contributed by atoms with Crippen LogP contribution in [-0.4, -0.2) is 16.6 Å². The molecule has 0 aliphatic carbocycles. The van der Waals surface area contributed by atoms with Crippen molar-refractivity contribution in [2.45, 2.75) is 4.34 Å². The zero-order valence-electron chi connectivity index (χ0n) is 8.72. The molecule has 0 aliphatic rings. The lowest BCUT2D eigenvalue weighted by Gasteiger charge is -1.96. The summed E-state index contributed by atoms with van der Waals surface area (Å²) in [5, 5.41) is 1.98. The summed E-state index contributed by atoms with van der Waals surface area (Å²) in [6, 6.07) is 7.96. The van der Waals surface area contributed by atoms with Crippen LogP contribution in [0, 0.1) is 0 Å². The molecule has 0 fully saturated rings. The Kier molecular flexibility index (Phi) is 4.20. The maximum absolute atomic E-state index is 10.7. The minimum atomic E-state index is -0.324. The van der Waals surface area contributed by atoms with E-state index >= 15 is 0 Å². The average Bonchev–Trinajstić information content (AvgIpc) is 2.76. The van der Waals surface area contributed by atoms with Gasteiger partial charge in [0.2, 0.25) is 5.91 Å².